The summed E-state index contributed by atoms with van der Waals surface area (Å²) < 4.78 is 10.9. The van der Waals surface area contributed by atoms with Crippen LogP contribution in [0.1, 0.15) is 88.2 Å². The Balaban J connectivity index is 0.930. The highest BCUT2D eigenvalue weighted by Crippen LogP contribution is 2.61. The van der Waals surface area contributed by atoms with Gasteiger partial charge in [-0.05, 0) is 130 Å². The van der Waals surface area contributed by atoms with Crippen LogP contribution in [0.4, 0.5) is 0 Å². The predicted octanol–water partition coefficient (Wildman–Crippen LogP) is 12.5. The first-order valence-electron chi connectivity index (χ1n) is 24.1. The highest BCUT2D eigenvalue weighted by Gasteiger charge is 2.57. The second-order valence-electron chi connectivity index (χ2n) is 21.2. The zero-order chi connectivity index (χ0) is 40.8. The highest BCUT2D eigenvalue weighted by molar-refractivity contribution is 5.78. The Labute approximate surface area is 367 Å². The van der Waals surface area contributed by atoms with Crippen molar-refractivity contribution in [3.05, 3.63) is 169 Å². The Kier molecular flexibility index (Phi) is 8.71. The van der Waals surface area contributed by atoms with Crippen LogP contribution in [0.25, 0.3) is 45.0 Å². The minimum absolute atomic E-state index is 0.196. The molecule has 7 aromatic rings. The van der Waals surface area contributed by atoms with Crippen LogP contribution in [0.15, 0.2) is 158 Å². The van der Waals surface area contributed by atoms with Gasteiger partial charge >= 0.3 is 0 Å². The number of rotatable bonds is 10. The van der Waals surface area contributed by atoms with Crippen molar-refractivity contribution < 1.29 is 9.13 Å². The fourth-order valence-electron chi connectivity index (χ4n) is 15.4. The van der Waals surface area contributed by atoms with Crippen LogP contribution in [-0.4, -0.2) is 9.13 Å². The first kappa shape index (κ1) is 37.1. The predicted molar refractivity (Wildman–Crippen MR) is 248 cm³/mol. The molecule has 4 nitrogen and oxygen atoms in total. The highest BCUT2D eigenvalue weighted by atomic mass is 15.2. The lowest BCUT2D eigenvalue weighted by Crippen LogP contribution is -2.52. The zero-order valence-electron chi connectivity index (χ0n) is 36.2. The Morgan fingerprint density at radius 3 is 1.00 bits per heavy atom. The van der Waals surface area contributed by atoms with Crippen molar-refractivity contribution in [2.45, 2.75) is 101 Å². The molecule has 310 valence electrons. The summed E-state index contributed by atoms with van der Waals surface area (Å²) in [5.41, 5.74) is 13.9. The maximum absolute atomic E-state index is 2.82. The maximum Gasteiger partial charge on any atom is 0.245 e. The molecular weight excluding hydrogens is 753 g/mol. The summed E-state index contributed by atoms with van der Waals surface area (Å²) in [7, 11) is 0. The smallest absolute Gasteiger partial charge is 0.225 e. The standard InChI is InChI=1S/C58H60N4/c1-5-16-49(17-6-1)53-55(51-20-9-3-10-21-51)61(57-31-43-25-44(32-57)27-45(26-43)33-57)39-59(53)37-41-14-13-15-42(24-41)38-60-40-62(58-34-46-28-47(35-58)30-48(29-46)36-58)56(52-22-11-4-12-23-52)54(60)50-18-7-2-8-19-50/h1-24,39-40,43-48H,25-38H2/q+2. The first-order valence-corrected chi connectivity index (χ1v) is 24.1. The van der Waals surface area contributed by atoms with Crippen LogP contribution >= 0.6 is 0 Å². The summed E-state index contributed by atoms with van der Waals surface area (Å²) in [5.74, 6) is 5.23. The van der Waals surface area contributed by atoms with Gasteiger partial charge in [0.2, 0.25) is 12.7 Å². The van der Waals surface area contributed by atoms with E-state index in [2.05, 4.69) is 177 Å². The summed E-state index contributed by atoms with van der Waals surface area (Å²) in [6.07, 6.45) is 21.8. The van der Waals surface area contributed by atoms with Crippen molar-refractivity contribution in [1.82, 2.24) is 9.13 Å². The minimum atomic E-state index is 0.196. The molecule has 2 heterocycles. The molecule has 2 aromatic heterocycles. The Morgan fingerprint density at radius 1 is 0.371 bits per heavy atom. The molecule has 0 N–H and O–H groups in total. The molecule has 0 unspecified atom stereocenters. The largest absolute Gasteiger partial charge is 0.245 e. The van der Waals surface area contributed by atoms with E-state index in [1.54, 1.807) is 0 Å². The number of aromatic nitrogens is 4. The summed E-state index contributed by atoms with van der Waals surface area (Å²) in [6.45, 7) is 1.66. The summed E-state index contributed by atoms with van der Waals surface area (Å²) in [6, 6.07) is 54.8. The van der Waals surface area contributed by atoms with Crippen LogP contribution in [-0.2, 0) is 24.2 Å². The third kappa shape index (κ3) is 6.21. The van der Waals surface area contributed by atoms with Gasteiger partial charge in [-0.2, -0.15) is 0 Å². The Bertz CT molecular complexity index is 2490. The van der Waals surface area contributed by atoms with Gasteiger partial charge in [0.1, 0.15) is 24.2 Å². The lowest BCUT2D eigenvalue weighted by molar-refractivity contribution is -0.678. The fourth-order valence-corrected chi connectivity index (χ4v) is 15.4. The van der Waals surface area contributed by atoms with Gasteiger partial charge in [0.05, 0.1) is 0 Å². The van der Waals surface area contributed by atoms with Crippen LogP contribution in [0.5, 0.6) is 0 Å². The van der Waals surface area contributed by atoms with Gasteiger partial charge in [0.15, 0.2) is 22.8 Å². The fraction of sp³-hybridized carbons (Fsp3) is 0.379. The van der Waals surface area contributed by atoms with E-state index in [1.165, 1.54) is 133 Å². The maximum atomic E-state index is 2.82. The van der Waals surface area contributed by atoms with E-state index in [4.69, 9.17) is 0 Å². The molecular formula is C58H60N4+2. The number of nitrogens with zero attached hydrogens (tertiary/aromatic N) is 4. The van der Waals surface area contributed by atoms with Crippen molar-refractivity contribution in [3.8, 4) is 45.0 Å². The van der Waals surface area contributed by atoms with Crippen LogP contribution in [0.2, 0.25) is 0 Å². The monoisotopic (exact) mass is 812 g/mol. The third-order valence-electron chi connectivity index (χ3n) is 16.9. The van der Waals surface area contributed by atoms with E-state index in [0.29, 0.717) is 0 Å². The second-order valence-corrected chi connectivity index (χ2v) is 21.2. The van der Waals surface area contributed by atoms with E-state index in [0.717, 1.165) is 48.6 Å². The van der Waals surface area contributed by atoms with Gasteiger partial charge in [0.25, 0.3) is 0 Å². The minimum Gasteiger partial charge on any atom is -0.225 e. The number of benzene rings is 5. The first-order chi connectivity index (χ1) is 30.5. The lowest BCUT2D eigenvalue weighted by atomic mass is 9.53. The summed E-state index contributed by atoms with van der Waals surface area (Å²) in [5, 5.41) is 0. The quantitative estimate of drug-likeness (QED) is 0.122. The molecule has 15 rings (SSSR count). The van der Waals surface area contributed by atoms with Crippen molar-refractivity contribution in [2.75, 3.05) is 0 Å². The molecule has 5 aromatic carbocycles. The van der Waals surface area contributed by atoms with E-state index < -0.39 is 0 Å². The molecule has 62 heavy (non-hydrogen) atoms. The molecule has 0 amide bonds. The molecule has 8 aliphatic carbocycles. The zero-order valence-corrected chi connectivity index (χ0v) is 36.2. The van der Waals surface area contributed by atoms with Gasteiger partial charge in [-0.3, -0.25) is 0 Å². The van der Waals surface area contributed by atoms with E-state index in [1.807, 2.05) is 0 Å². The van der Waals surface area contributed by atoms with Gasteiger partial charge in [-0.1, -0.05) is 140 Å². The van der Waals surface area contributed by atoms with Crippen molar-refractivity contribution in [2.24, 2.45) is 35.5 Å². The molecule has 0 atom stereocenters. The molecule has 4 heteroatoms. The molecule has 0 radical (unpaired) electrons. The van der Waals surface area contributed by atoms with Crippen LogP contribution < -0.4 is 9.13 Å². The summed E-state index contributed by atoms with van der Waals surface area (Å²) in [4.78, 5) is 0. The topological polar surface area (TPSA) is 17.6 Å². The van der Waals surface area contributed by atoms with Gasteiger partial charge < -0.3 is 0 Å². The van der Waals surface area contributed by atoms with Crippen molar-refractivity contribution in [3.63, 3.8) is 0 Å². The number of imidazole rings is 2. The number of hydrogen-bond donors (Lipinski definition) is 0. The SMILES string of the molecule is c1ccc(-c2c(-c3ccccc3)[n+](Cc3cccc(C[n+]4cn(C56CC7CC(CC(C7)C5)C6)c(-c5ccccc5)c4-c4ccccc4)c3)cn2C23CC4CC(CC(C4)C2)C3)cc1. The average molecular weight is 813 g/mol. The van der Waals surface area contributed by atoms with Gasteiger partial charge in [-0.15, -0.1) is 0 Å². The molecule has 8 fully saturated rings. The van der Waals surface area contributed by atoms with Crippen molar-refractivity contribution >= 4 is 0 Å². The number of hydrogen-bond acceptors (Lipinski definition) is 0. The summed E-state index contributed by atoms with van der Waals surface area (Å²) >= 11 is 0. The van der Waals surface area contributed by atoms with E-state index in [9.17, 15) is 0 Å². The molecule has 0 spiro atoms. The second kappa shape index (κ2) is 14.5. The molecule has 8 bridgehead atoms. The van der Waals surface area contributed by atoms with Gasteiger partial charge in [0, 0.05) is 22.3 Å². The van der Waals surface area contributed by atoms with Crippen molar-refractivity contribution in [1.29, 1.82) is 0 Å². The molecule has 0 saturated heterocycles. The normalized spacial score (nSPS) is 29.1. The molecule has 8 saturated carbocycles. The average Bonchev–Trinajstić information content (AvgIpc) is 3.87. The Morgan fingerprint density at radius 2 is 0.677 bits per heavy atom. The van der Waals surface area contributed by atoms with E-state index >= 15 is 0 Å². The van der Waals surface area contributed by atoms with Gasteiger partial charge in [-0.25, -0.2) is 18.3 Å². The lowest BCUT2D eigenvalue weighted by Gasteiger charge is -2.55. The molecule has 0 aliphatic heterocycles. The third-order valence-corrected chi connectivity index (χ3v) is 16.9. The Hall–Kier alpha value is -5.48. The molecule has 8 aliphatic rings. The van der Waals surface area contributed by atoms with Crippen LogP contribution in [0, 0.1) is 35.5 Å². The van der Waals surface area contributed by atoms with Crippen LogP contribution in [0.3, 0.4) is 0 Å². The van der Waals surface area contributed by atoms with E-state index in [-0.39, 0.29) is 11.1 Å².